The van der Waals surface area contributed by atoms with Gasteiger partial charge in [0.2, 0.25) is 0 Å². The Hall–Kier alpha value is -1.78. The fraction of sp³-hybridized carbons (Fsp3) is 0.700. The Balaban J connectivity index is 1.41. The summed E-state index contributed by atoms with van der Waals surface area (Å²) in [5, 5.41) is 3.20. The van der Waals surface area contributed by atoms with Gasteiger partial charge in [-0.25, -0.2) is 4.79 Å². The highest BCUT2D eigenvalue weighted by molar-refractivity contribution is 5.74. The van der Waals surface area contributed by atoms with Gasteiger partial charge < -0.3 is 15.1 Å². The summed E-state index contributed by atoms with van der Waals surface area (Å²) >= 11 is 0. The second kappa shape index (κ2) is 8.54. The Kier molecular flexibility index (Phi) is 6.16. The van der Waals surface area contributed by atoms with Crippen molar-refractivity contribution in [3.63, 3.8) is 0 Å². The van der Waals surface area contributed by atoms with E-state index in [1.807, 2.05) is 17.3 Å². The quantitative estimate of drug-likeness (QED) is 0.859. The van der Waals surface area contributed by atoms with Crippen molar-refractivity contribution in [2.45, 2.75) is 52.0 Å². The fourth-order valence-corrected chi connectivity index (χ4v) is 3.77. The van der Waals surface area contributed by atoms with Crippen LogP contribution in [0.25, 0.3) is 0 Å². The summed E-state index contributed by atoms with van der Waals surface area (Å²) in [6, 6.07) is 4.54. The van der Waals surface area contributed by atoms with Gasteiger partial charge in [-0.3, -0.25) is 4.98 Å². The van der Waals surface area contributed by atoms with Gasteiger partial charge >= 0.3 is 6.03 Å². The van der Waals surface area contributed by atoms with Crippen LogP contribution < -0.4 is 10.2 Å². The molecule has 3 rings (SSSR count). The van der Waals surface area contributed by atoms with E-state index in [1.165, 1.54) is 24.9 Å². The van der Waals surface area contributed by atoms with Crippen molar-refractivity contribution in [1.29, 1.82) is 0 Å². The Morgan fingerprint density at radius 3 is 2.44 bits per heavy atom. The third-order valence-electron chi connectivity index (χ3n) is 5.75. The maximum absolute atomic E-state index is 12.6. The molecule has 0 bridgehead atoms. The minimum absolute atomic E-state index is 0.124. The number of urea groups is 1. The Bertz CT molecular complexity index is 536. The van der Waals surface area contributed by atoms with Crippen LogP contribution in [0.2, 0.25) is 0 Å². The van der Waals surface area contributed by atoms with E-state index in [0.29, 0.717) is 5.92 Å². The average Bonchev–Trinajstić information content (AvgIpc) is 2.59. The number of hydrogen-bond acceptors (Lipinski definition) is 3. The molecule has 0 aromatic carbocycles. The standard InChI is InChI=1S/C20H32N4O/c1-16(2)24(15-18-4-3-5-18)20(25)22-14-17-8-12-23(13-9-17)19-6-10-21-11-7-19/h6-7,10-11,16-18H,3-5,8-9,12-15H2,1-2H3,(H,22,25). The normalized spacial score (nSPS) is 18.9. The summed E-state index contributed by atoms with van der Waals surface area (Å²) in [6.07, 6.45) is 9.86. The molecule has 0 unspecified atom stereocenters. The first kappa shape index (κ1) is 18.0. The largest absolute Gasteiger partial charge is 0.371 e. The lowest BCUT2D eigenvalue weighted by atomic mass is 9.85. The third kappa shape index (κ3) is 4.86. The van der Waals surface area contributed by atoms with Crippen molar-refractivity contribution < 1.29 is 4.79 Å². The SMILES string of the molecule is CC(C)N(CC1CCC1)C(=O)NCC1CCN(c2ccncc2)CC1. The predicted octanol–water partition coefficient (Wildman–Crippen LogP) is 3.52. The molecule has 1 aromatic heterocycles. The topological polar surface area (TPSA) is 48.5 Å². The smallest absolute Gasteiger partial charge is 0.317 e. The van der Waals surface area contributed by atoms with E-state index >= 15 is 0 Å². The van der Waals surface area contributed by atoms with E-state index in [2.05, 4.69) is 41.2 Å². The number of piperidine rings is 1. The van der Waals surface area contributed by atoms with Crippen LogP contribution in [0.4, 0.5) is 10.5 Å². The van der Waals surface area contributed by atoms with Crippen LogP contribution in [0.15, 0.2) is 24.5 Å². The number of hydrogen-bond donors (Lipinski definition) is 1. The molecule has 2 aliphatic rings. The van der Waals surface area contributed by atoms with Gasteiger partial charge in [0.25, 0.3) is 0 Å². The maximum atomic E-state index is 12.6. The van der Waals surface area contributed by atoms with E-state index in [1.54, 1.807) is 0 Å². The minimum Gasteiger partial charge on any atom is -0.371 e. The van der Waals surface area contributed by atoms with Crippen LogP contribution in [0, 0.1) is 11.8 Å². The van der Waals surface area contributed by atoms with Gasteiger partial charge in [0.15, 0.2) is 0 Å². The molecule has 0 radical (unpaired) electrons. The van der Waals surface area contributed by atoms with E-state index in [4.69, 9.17) is 0 Å². The number of amides is 2. The van der Waals surface area contributed by atoms with Gasteiger partial charge in [0.05, 0.1) is 0 Å². The van der Waals surface area contributed by atoms with Gasteiger partial charge in [-0.15, -0.1) is 0 Å². The summed E-state index contributed by atoms with van der Waals surface area (Å²) in [6.45, 7) is 8.07. The Morgan fingerprint density at radius 1 is 1.20 bits per heavy atom. The van der Waals surface area contributed by atoms with Crippen molar-refractivity contribution in [2.75, 3.05) is 31.1 Å². The van der Waals surface area contributed by atoms with Crippen LogP contribution in [-0.2, 0) is 0 Å². The molecule has 2 heterocycles. The lowest BCUT2D eigenvalue weighted by Crippen LogP contribution is -2.48. The zero-order valence-corrected chi connectivity index (χ0v) is 15.7. The molecule has 1 aliphatic carbocycles. The number of rotatable bonds is 6. The number of carbonyl (C=O) groups is 1. The highest BCUT2D eigenvalue weighted by Crippen LogP contribution is 2.28. The first-order chi connectivity index (χ1) is 12.1. The van der Waals surface area contributed by atoms with Crippen LogP contribution in [0.3, 0.4) is 0 Å². The maximum Gasteiger partial charge on any atom is 0.317 e. The predicted molar refractivity (Wildman–Crippen MR) is 102 cm³/mol. The van der Waals surface area contributed by atoms with Crippen LogP contribution >= 0.6 is 0 Å². The summed E-state index contributed by atoms with van der Waals surface area (Å²) in [5.74, 6) is 1.30. The van der Waals surface area contributed by atoms with Gasteiger partial charge in [-0.1, -0.05) is 6.42 Å². The van der Waals surface area contributed by atoms with E-state index in [0.717, 1.165) is 44.9 Å². The zero-order chi connectivity index (χ0) is 17.6. The molecule has 1 aromatic rings. The number of aromatic nitrogens is 1. The van der Waals surface area contributed by atoms with Crippen molar-refractivity contribution in [1.82, 2.24) is 15.2 Å². The van der Waals surface area contributed by atoms with Crippen molar-refractivity contribution in [2.24, 2.45) is 11.8 Å². The highest BCUT2D eigenvalue weighted by atomic mass is 16.2. The lowest BCUT2D eigenvalue weighted by Gasteiger charge is -2.36. The molecule has 25 heavy (non-hydrogen) atoms. The molecule has 5 heteroatoms. The van der Waals surface area contributed by atoms with E-state index in [-0.39, 0.29) is 12.1 Å². The number of anilines is 1. The third-order valence-corrected chi connectivity index (χ3v) is 5.75. The van der Waals surface area contributed by atoms with Gasteiger partial charge in [-0.2, -0.15) is 0 Å². The molecule has 0 spiro atoms. The first-order valence-electron chi connectivity index (χ1n) is 9.83. The monoisotopic (exact) mass is 344 g/mol. The van der Waals surface area contributed by atoms with Crippen molar-refractivity contribution in [3.05, 3.63) is 24.5 Å². The zero-order valence-electron chi connectivity index (χ0n) is 15.7. The molecule has 1 aliphatic heterocycles. The van der Waals surface area contributed by atoms with Gasteiger partial charge in [0.1, 0.15) is 0 Å². The Labute approximate surface area is 151 Å². The van der Waals surface area contributed by atoms with Crippen molar-refractivity contribution >= 4 is 11.7 Å². The fourth-order valence-electron chi connectivity index (χ4n) is 3.77. The van der Waals surface area contributed by atoms with Crippen LogP contribution in [0.1, 0.15) is 46.0 Å². The van der Waals surface area contributed by atoms with Crippen molar-refractivity contribution in [3.8, 4) is 0 Å². The molecule has 2 amide bonds. The average molecular weight is 345 g/mol. The molecule has 138 valence electrons. The van der Waals surface area contributed by atoms with Crippen LogP contribution in [0.5, 0.6) is 0 Å². The second-order valence-corrected chi connectivity index (χ2v) is 7.86. The number of nitrogens with one attached hydrogen (secondary N) is 1. The van der Waals surface area contributed by atoms with Crippen LogP contribution in [-0.4, -0.2) is 48.1 Å². The molecule has 5 nitrogen and oxygen atoms in total. The minimum atomic E-state index is 0.124. The summed E-state index contributed by atoms with van der Waals surface area (Å²) in [5.41, 5.74) is 1.25. The molecule has 2 fully saturated rings. The first-order valence-corrected chi connectivity index (χ1v) is 9.83. The molecule has 1 saturated carbocycles. The number of pyridine rings is 1. The summed E-state index contributed by atoms with van der Waals surface area (Å²) in [7, 11) is 0. The number of carbonyl (C=O) groups excluding carboxylic acids is 1. The van der Waals surface area contributed by atoms with Gasteiger partial charge in [0, 0.05) is 50.3 Å². The lowest BCUT2D eigenvalue weighted by molar-refractivity contribution is 0.148. The molecular formula is C20H32N4O. The van der Waals surface area contributed by atoms with Gasteiger partial charge in [-0.05, 0) is 63.5 Å². The molecule has 1 saturated heterocycles. The highest BCUT2D eigenvalue weighted by Gasteiger charge is 2.26. The number of nitrogens with zero attached hydrogens (tertiary/aromatic N) is 3. The molecule has 0 atom stereocenters. The Morgan fingerprint density at radius 2 is 1.88 bits per heavy atom. The van der Waals surface area contributed by atoms with E-state index in [9.17, 15) is 4.79 Å². The molecule has 1 N–H and O–H groups in total. The summed E-state index contributed by atoms with van der Waals surface area (Å²) in [4.78, 5) is 21.1. The molecular weight excluding hydrogens is 312 g/mol. The van der Waals surface area contributed by atoms with E-state index < -0.39 is 0 Å². The summed E-state index contributed by atoms with van der Waals surface area (Å²) < 4.78 is 0. The second-order valence-electron chi connectivity index (χ2n) is 7.86.